The van der Waals surface area contributed by atoms with Crippen LogP contribution in [0, 0.1) is 5.92 Å². The highest BCUT2D eigenvalue weighted by molar-refractivity contribution is 7.80. The molecule has 3 atom stereocenters. The van der Waals surface area contributed by atoms with Gasteiger partial charge in [-0.2, -0.15) is 12.6 Å². The first-order valence-corrected chi connectivity index (χ1v) is 6.89. The van der Waals surface area contributed by atoms with Gasteiger partial charge in [0.15, 0.2) is 0 Å². The summed E-state index contributed by atoms with van der Waals surface area (Å²) in [5.74, 6) is 1.75. The van der Waals surface area contributed by atoms with Crippen molar-refractivity contribution in [3.8, 4) is 0 Å². The molecular formula is C12H24N2S. The average Bonchev–Trinajstić information content (AvgIpc) is 2.46. The van der Waals surface area contributed by atoms with E-state index in [2.05, 4.69) is 36.4 Å². The highest BCUT2D eigenvalue weighted by Crippen LogP contribution is 2.28. The maximum absolute atomic E-state index is 4.38. The van der Waals surface area contributed by atoms with E-state index in [9.17, 15) is 0 Å². The maximum Gasteiger partial charge on any atom is 0.0223 e. The van der Waals surface area contributed by atoms with Crippen molar-refractivity contribution in [2.24, 2.45) is 5.92 Å². The fourth-order valence-electron chi connectivity index (χ4n) is 3.04. The van der Waals surface area contributed by atoms with Crippen molar-refractivity contribution in [3.05, 3.63) is 0 Å². The van der Waals surface area contributed by atoms with Gasteiger partial charge in [0.2, 0.25) is 0 Å². The van der Waals surface area contributed by atoms with Gasteiger partial charge in [-0.3, -0.25) is 4.90 Å². The molecule has 2 fully saturated rings. The third kappa shape index (κ3) is 2.69. The van der Waals surface area contributed by atoms with Gasteiger partial charge in [0, 0.05) is 25.2 Å². The molecule has 2 aliphatic rings. The molecule has 0 aromatic rings. The SMILES string of the molecule is CC(CS)CN1CCC2CCC(C1)N2C. The fraction of sp³-hybridized carbons (Fsp3) is 1.00. The number of rotatable bonds is 3. The Hall–Kier alpha value is 0.270. The van der Waals surface area contributed by atoms with E-state index in [4.69, 9.17) is 0 Å². The number of nitrogens with zero attached hydrogens (tertiary/aromatic N) is 2. The molecule has 0 N–H and O–H groups in total. The van der Waals surface area contributed by atoms with Crippen molar-refractivity contribution in [2.45, 2.75) is 38.3 Å². The monoisotopic (exact) mass is 228 g/mol. The molecule has 3 heteroatoms. The van der Waals surface area contributed by atoms with Crippen LogP contribution in [0.15, 0.2) is 0 Å². The van der Waals surface area contributed by atoms with Crippen LogP contribution in [0.25, 0.3) is 0 Å². The van der Waals surface area contributed by atoms with Crippen LogP contribution in [0.1, 0.15) is 26.2 Å². The summed E-state index contributed by atoms with van der Waals surface area (Å²) in [5.41, 5.74) is 0. The summed E-state index contributed by atoms with van der Waals surface area (Å²) < 4.78 is 0. The number of fused-ring (bicyclic) bond motifs is 2. The molecule has 0 aliphatic carbocycles. The maximum atomic E-state index is 4.38. The van der Waals surface area contributed by atoms with E-state index in [1.807, 2.05) is 0 Å². The first kappa shape index (κ1) is 11.7. The Morgan fingerprint density at radius 3 is 2.73 bits per heavy atom. The van der Waals surface area contributed by atoms with Crippen molar-refractivity contribution in [2.75, 3.05) is 32.4 Å². The molecule has 15 heavy (non-hydrogen) atoms. The van der Waals surface area contributed by atoms with E-state index in [0.717, 1.165) is 23.8 Å². The van der Waals surface area contributed by atoms with Crippen LogP contribution in [0.2, 0.25) is 0 Å². The molecule has 2 aliphatic heterocycles. The predicted molar refractivity (Wildman–Crippen MR) is 68.6 cm³/mol. The summed E-state index contributed by atoms with van der Waals surface area (Å²) >= 11 is 4.38. The number of hydrogen-bond donors (Lipinski definition) is 1. The molecule has 0 aromatic carbocycles. The van der Waals surface area contributed by atoms with Crippen LogP contribution >= 0.6 is 12.6 Å². The summed E-state index contributed by atoms with van der Waals surface area (Å²) in [7, 11) is 2.31. The lowest BCUT2D eigenvalue weighted by atomic mass is 10.1. The Kier molecular flexibility index (Phi) is 3.97. The topological polar surface area (TPSA) is 6.48 Å². The van der Waals surface area contributed by atoms with Crippen molar-refractivity contribution in [1.82, 2.24) is 9.80 Å². The molecule has 2 heterocycles. The molecule has 0 radical (unpaired) electrons. The lowest BCUT2D eigenvalue weighted by Crippen LogP contribution is -2.38. The van der Waals surface area contributed by atoms with Crippen molar-refractivity contribution >= 4 is 12.6 Å². The molecule has 0 spiro atoms. The average molecular weight is 228 g/mol. The molecule has 0 amide bonds. The first-order valence-electron chi connectivity index (χ1n) is 6.26. The number of likely N-dealkylation sites (N-methyl/N-ethyl adjacent to an activating group) is 1. The van der Waals surface area contributed by atoms with Gasteiger partial charge in [0.1, 0.15) is 0 Å². The smallest absolute Gasteiger partial charge is 0.0223 e. The van der Waals surface area contributed by atoms with Crippen LogP contribution in [-0.2, 0) is 0 Å². The fourth-order valence-corrected chi connectivity index (χ4v) is 3.16. The molecular weight excluding hydrogens is 204 g/mol. The van der Waals surface area contributed by atoms with Gasteiger partial charge in [0.05, 0.1) is 0 Å². The second-order valence-corrected chi connectivity index (χ2v) is 5.75. The summed E-state index contributed by atoms with van der Waals surface area (Å²) in [6.07, 6.45) is 4.20. The molecule has 0 aromatic heterocycles. The molecule has 3 unspecified atom stereocenters. The third-order valence-electron chi connectivity index (χ3n) is 4.11. The Balaban J connectivity index is 1.89. The minimum absolute atomic E-state index is 0.732. The van der Waals surface area contributed by atoms with Gasteiger partial charge < -0.3 is 4.90 Å². The van der Waals surface area contributed by atoms with Gasteiger partial charge in [-0.1, -0.05) is 6.92 Å². The zero-order valence-electron chi connectivity index (χ0n) is 10.0. The van der Waals surface area contributed by atoms with E-state index in [-0.39, 0.29) is 0 Å². The van der Waals surface area contributed by atoms with Crippen LogP contribution in [-0.4, -0.2) is 54.3 Å². The van der Waals surface area contributed by atoms with Crippen LogP contribution in [0.3, 0.4) is 0 Å². The summed E-state index contributed by atoms with van der Waals surface area (Å²) in [4.78, 5) is 5.27. The van der Waals surface area contributed by atoms with Crippen molar-refractivity contribution < 1.29 is 0 Å². The predicted octanol–water partition coefficient (Wildman–Crippen LogP) is 1.72. The molecule has 88 valence electrons. The summed E-state index contributed by atoms with van der Waals surface area (Å²) in [5, 5.41) is 0. The van der Waals surface area contributed by atoms with E-state index in [1.54, 1.807) is 0 Å². The van der Waals surface area contributed by atoms with Gasteiger partial charge in [-0.05, 0) is 44.5 Å². The Bertz CT molecular complexity index is 210. The zero-order valence-corrected chi connectivity index (χ0v) is 10.9. The zero-order chi connectivity index (χ0) is 10.8. The van der Waals surface area contributed by atoms with E-state index < -0.39 is 0 Å². The Morgan fingerprint density at radius 2 is 2.00 bits per heavy atom. The number of thiol groups is 1. The van der Waals surface area contributed by atoms with Crippen LogP contribution < -0.4 is 0 Å². The Labute approximate surface area is 99.4 Å². The summed E-state index contributed by atoms with van der Waals surface area (Å²) in [6.45, 7) is 6.12. The molecule has 2 rings (SSSR count). The minimum Gasteiger partial charge on any atom is -0.301 e. The first-order chi connectivity index (χ1) is 7.20. The van der Waals surface area contributed by atoms with Crippen LogP contribution in [0.5, 0.6) is 0 Å². The second kappa shape index (κ2) is 5.07. The van der Waals surface area contributed by atoms with Gasteiger partial charge in [-0.15, -0.1) is 0 Å². The lowest BCUT2D eigenvalue weighted by Gasteiger charge is -2.27. The largest absolute Gasteiger partial charge is 0.301 e. The van der Waals surface area contributed by atoms with Crippen LogP contribution in [0.4, 0.5) is 0 Å². The van der Waals surface area contributed by atoms with E-state index in [1.165, 1.54) is 38.9 Å². The van der Waals surface area contributed by atoms with Gasteiger partial charge in [0.25, 0.3) is 0 Å². The standard InChI is InChI=1S/C12H24N2S/c1-10(9-15)7-14-6-5-11-3-4-12(8-14)13(11)2/h10-12,15H,3-9H2,1-2H3. The van der Waals surface area contributed by atoms with Gasteiger partial charge >= 0.3 is 0 Å². The van der Waals surface area contributed by atoms with Crippen molar-refractivity contribution in [1.29, 1.82) is 0 Å². The molecule has 2 nitrogen and oxygen atoms in total. The normalized spacial score (nSPS) is 35.4. The van der Waals surface area contributed by atoms with E-state index in [0.29, 0.717) is 0 Å². The highest BCUT2D eigenvalue weighted by atomic mass is 32.1. The number of hydrogen-bond acceptors (Lipinski definition) is 3. The third-order valence-corrected chi connectivity index (χ3v) is 4.74. The molecule has 2 bridgehead atoms. The number of likely N-dealkylation sites (tertiary alicyclic amines) is 1. The summed E-state index contributed by atoms with van der Waals surface area (Å²) in [6, 6.07) is 1.69. The second-order valence-electron chi connectivity index (χ2n) is 5.39. The van der Waals surface area contributed by atoms with Crippen molar-refractivity contribution in [3.63, 3.8) is 0 Å². The van der Waals surface area contributed by atoms with E-state index >= 15 is 0 Å². The molecule has 0 saturated carbocycles. The quantitative estimate of drug-likeness (QED) is 0.735. The highest BCUT2D eigenvalue weighted by Gasteiger charge is 2.34. The minimum atomic E-state index is 0.732. The molecule has 2 saturated heterocycles. The van der Waals surface area contributed by atoms with Gasteiger partial charge in [-0.25, -0.2) is 0 Å². The Morgan fingerprint density at radius 1 is 1.27 bits per heavy atom. The lowest BCUT2D eigenvalue weighted by molar-refractivity contribution is 0.206.